The molecule has 5 heteroatoms. The molecule has 1 aromatic rings. The molecular formula is C14H25N3O2. The highest BCUT2D eigenvalue weighted by molar-refractivity contribution is 5.00. The minimum Gasteiger partial charge on any atom is -0.383 e. The first kappa shape index (κ1) is 14.5. The van der Waals surface area contributed by atoms with Gasteiger partial charge in [0, 0.05) is 25.5 Å². The van der Waals surface area contributed by atoms with E-state index < -0.39 is 0 Å². The Morgan fingerprint density at radius 3 is 2.95 bits per heavy atom. The molecule has 1 fully saturated rings. The summed E-state index contributed by atoms with van der Waals surface area (Å²) in [5, 5.41) is 7.35. The van der Waals surface area contributed by atoms with Crippen molar-refractivity contribution in [3.63, 3.8) is 0 Å². The molecule has 3 unspecified atom stereocenters. The number of hydrogen-bond acceptors (Lipinski definition) is 5. The summed E-state index contributed by atoms with van der Waals surface area (Å²) in [4.78, 5) is 4.56. The average molecular weight is 267 g/mol. The van der Waals surface area contributed by atoms with Crippen LogP contribution in [0.25, 0.3) is 0 Å². The number of methoxy groups -OCH3 is 1. The summed E-state index contributed by atoms with van der Waals surface area (Å²) in [6, 6.07) is 0.227. The highest BCUT2D eigenvalue weighted by Crippen LogP contribution is 2.38. The van der Waals surface area contributed by atoms with Crippen molar-refractivity contribution in [2.75, 3.05) is 20.8 Å². The van der Waals surface area contributed by atoms with Crippen LogP contribution in [0.1, 0.15) is 50.2 Å². The molecule has 0 radical (unpaired) electrons. The standard InChI is InChI=1S/C14H25N3O2/c1-4-10-5-6-11(7-10)14-16-13(19-17-14)8-12(15-2)9-18-3/h10-12,15H,4-9H2,1-3H3. The van der Waals surface area contributed by atoms with Crippen LogP contribution < -0.4 is 5.32 Å². The van der Waals surface area contributed by atoms with E-state index in [4.69, 9.17) is 9.26 Å². The Hall–Kier alpha value is -0.940. The molecule has 1 aliphatic carbocycles. The van der Waals surface area contributed by atoms with Crippen molar-refractivity contribution < 1.29 is 9.26 Å². The van der Waals surface area contributed by atoms with E-state index in [0.717, 1.165) is 18.2 Å². The largest absolute Gasteiger partial charge is 0.383 e. The number of likely N-dealkylation sites (N-methyl/N-ethyl adjacent to an activating group) is 1. The van der Waals surface area contributed by atoms with Gasteiger partial charge in [-0.3, -0.25) is 0 Å². The summed E-state index contributed by atoms with van der Waals surface area (Å²) in [6.07, 6.45) is 5.69. The summed E-state index contributed by atoms with van der Waals surface area (Å²) in [6.45, 7) is 2.91. The minimum atomic E-state index is 0.227. The van der Waals surface area contributed by atoms with Crippen LogP contribution in [0, 0.1) is 5.92 Å². The molecule has 0 aliphatic heterocycles. The van der Waals surface area contributed by atoms with E-state index >= 15 is 0 Å². The van der Waals surface area contributed by atoms with E-state index in [2.05, 4.69) is 22.4 Å². The van der Waals surface area contributed by atoms with E-state index in [0.29, 0.717) is 18.4 Å². The third kappa shape index (κ3) is 3.76. The first-order valence-corrected chi connectivity index (χ1v) is 7.25. The quantitative estimate of drug-likeness (QED) is 0.820. The molecule has 19 heavy (non-hydrogen) atoms. The summed E-state index contributed by atoms with van der Waals surface area (Å²) in [5.74, 6) is 2.95. The van der Waals surface area contributed by atoms with Crippen molar-refractivity contribution in [2.45, 2.75) is 51.0 Å². The van der Waals surface area contributed by atoms with Gasteiger partial charge in [-0.2, -0.15) is 4.98 Å². The number of hydrogen-bond donors (Lipinski definition) is 1. The van der Waals surface area contributed by atoms with Gasteiger partial charge in [-0.05, 0) is 32.2 Å². The van der Waals surface area contributed by atoms with Crippen LogP contribution >= 0.6 is 0 Å². The van der Waals surface area contributed by atoms with Gasteiger partial charge < -0.3 is 14.6 Å². The Kier molecular flexibility index (Phi) is 5.34. The van der Waals surface area contributed by atoms with Gasteiger partial charge in [0.1, 0.15) is 0 Å². The SMILES string of the molecule is CCC1CCC(c2noc(CC(COC)NC)n2)C1. The van der Waals surface area contributed by atoms with Gasteiger partial charge in [-0.25, -0.2) is 0 Å². The first-order valence-electron chi connectivity index (χ1n) is 7.25. The lowest BCUT2D eigenvalue weighted by Crippen LogP contribution is -2.32. The number of ether oxygens (including phenoxy) is 1. The maximum Gasteiger partial charge on any atom is 0.228 e. The molecule has 1 heterocycles. The van der Waals surface area contributed by atoms with Crippen molar-refractivity contribution in [3.05, 3.63) is 11.7 Å². The molecule has 0 bridgehead atoms. The summed E-state index contributed by atoms with van der Waals surface area (Å²) in [7, 11) is 3.62. The molecule has 0 aromatic carbocycles. The number of nitrogens with one attached hydrogen (secondary N) is 1. The minimum absolute atomic E-state index is 0.227. The molecule has 0 spiro atoms. The predicted molar refractivity (Wildman–Crippen MR) is 73.1 cm³/mol. The van der Waals surface area contributed by atoms with E-state index in [1.807, 2.05) is 7.05 Å². The zero-order valence-electron chi connectivity index (χ0n) is 12.2. The van der Waals surface area contributed by atoms with Gasteiger partial charge in [-0.1, -0.05) is 18.5 Å². The Morgan fingerprint density at radius 1 is 1.47 bits per heavy atom. The Morgan fingerprint density at radius 2 is 2.32 bits per heavy atom. The highest BCUT2D eigenvalue weighted by atomic mass is 16.5. The Balaban J connectivity index is 1.91. The van der Waals surface area contributed by atoms with E-state index in [1.54, 1.807) is 7.11 Å². The van der Waals surface area contributed by atoms with Gasteiger partial charge in [-0.15, -0.1) is 0 Å². The average Bonchev–Trinajstić information content (AvgIpc) is 3.06. The van der Waals surface area contributed by atoms with Crippen molar-refractivity contribution in [1.29, 1.82) is 0 Å². The lowest BCUT2D eigenvalue weighted by molar-refractivity contribution is 0.165. The smallest absolute Gasteiger partial charge is 0.228 e. The van der Waals surface area contributed by atoms with Crippen LogP contribution in [0.15, 0.2) is 4.52 Å². The van der Waals surface area contributed by atoms with E-state index in [9.17, 15) is 0 Å². The second-order valence-electron chi connectivity index (χ2n) is 5.48. The number of rotatable bonds is 7. The molecule has 1 N–H and O–H groups in total. The van der Waals surface area contributed by atoms with Crippen LogP contribution in [0.4, 0.5) is 0 Å². The van der Waals surface area contributed by atoms with E-state index in [-0.39, 0.29) is 6.04 Å². The zero-order valence-corrected chi connectivity index (χ0v) is 12.2. The lowest BCUT2D eigenvalue weighted by Gasteiger charge is -2.11. The third-order valence-corrected chi connectivity index (χ3v) is 4.16. The number of aromatic nitrogens is 2. The molecular weight excluding hydrogens is 242 g/mol. The second-order valence-corrected chi connectivity index (χ2v) is 5.48. The van der Waals surface area contributed by atoms with E-state index in [1.165, 1.54) is 25.7 Å². The highest BCUT2D eigenvalue weighted by Gasteiger charge is 2.28. The fraction of sp³-hybridized carbons (Fsp3) is 0.857. The summed E-state index contributed by atoms with van der Waals surface area (Å²) in [5.41, 5.74) is 0. The van der Waals surface area contributed by atoms with Crippen LogP contribution in [-0.4, -0.2) is 36.9 Å². The topological polar surface area (TPSA) is 60.2 Å². The predicted octanol–water partition coefficient (Wildman–Crippen LogP) is 2.14. The number of nitrogens with zero attached hydrogens (tertiary/aromatic N) is 2. The fourth-order valence-electron chi connectivity index (χ4n) is 2.85. The molecule has 108 valence electrons. The van der Waals surface area contributed by atoms with Crippen molar-refractivity contribution >= 4 is 0 Å². The molecule has 1 aromatic heterocycles. The van der Waals surface area contributed by atoms with Gasteiger partial charge in [0.05, 0.1) is 6.61 Å². The maximum atomic E-state index is 5.37. The zero-order chi connectivity index (χ0) is 13.7. The van der Waals surface area contributed by atoms with Gasteiger partial charge in [0.2, 0.25) is 5.89 Å². The van der Waals surface area contributed by atoms with Gasteiger partial charge in [0.25, 0.3) is 0 Å². The van der Waals surface area contributed by atoms with Crippen molar-refractivity contribution in [3.8, 4) is 0 Å². The molecule has 1 saturated carbocycles. The van der Waals surface area contributed by atoms with Crippen molar-refractivity contribution in [2.24, 2.45) is 5.92 Å². The summed E-state index contributed by atoms with van der Waals surface area (Å²) < 4.78 is 10.5. The fourth-order valence-corrected chi connectivity index (χ4v) is 2.85. The maximum absolute atomic E-state index is 5.37. The Bertz CT molecular complexity index is 381. The van der Waals surface area contributed by atoms with Crippen LogP contribution in [0.5, 0.6) is 0 Å². The van der Waals surface area contributed by atoms with Crippen molar-refractivity contribution in [1.82, 2.24) is 15.5 Å². The van der Waals surface area contributed by atoms with Crippen LogP contribution in [0.2, 0.25) is 0 Å². The first-order chi connectivity index (χ1) is 9.26. The molecule has 1 aliphatic rings. The van der Waals surface area contributed by atoms with Gasteiger partial charge >= 0.3 is 0 Å². The molecule has 2 rings (SSSR count). The summed E-state index contributed by atoms with van der Waals surface area (Å²) >= 11 is 0. The monoisotopic (exact) mass is 267 g/mol. The Labute approximate surface area is 115 Å². The van der Waals surface area contributed by atoms with Crippen LogP contribution in [0.3, 0.4) is 0 Å². The molecule has 3 atom stereocenters. The lowest BCUT2D eigenvalue weighted by atomic mass is 10.0. The molecule has 0 saturated heterocycles. The molecule has 0 amide bonds. The van der Waals surface area contributed by atoms with Crippen LogP contribution in [-0.2, 0) is 11.2 Å². The normalized spacial score (nSPS) is 24.8. The third-order valence-electron chi connectivity index (χ3n) is 4.16. The van der Waals surface area contributed by atoms with Gasteiger partial charge in [0.15, 0.2) is 5.82 Å². The molecule has 5 nitrogen and oxygen atoms in total. The second kappa shape index (κ2) is 7.01.